The Morgan fingerprint density at radius 2 is 1.67 bits per heavy atom. The van der Waals surface area contributed by atoms with Crippen LogP contribution in [0.25, 0.3) is 0 Å². The van der Waals surface area contributed by atoms with Gasteiger partial charge in [-0.15, -0.1) is 0 Å². The Morgan fingerprint density at radius 3 is 2.37 bits per heavy atom. The number of aliphatic hydroxyl groups excluding tert-OH is 1. The van der Waals surface area contributed by atoms with Gasteiger partial charge in [0.1, 0.15) is 6.61 Å². The second kappa shape index (κ2) is 12.1. The van der Waals surface area contributed by atoms with Gasteiger partial charge < -0.3 is 25.2 Å². The van der Waals surface area contributed by atoms with E-state index in [-0.39, 0.29) is 13.2 Å². The van der Waals surface area contributed by atoms with Gasteiger partial charge in [0, 0.05) is 34.3 Å². The summed E-state index contributed by atoms with van der Waals surface area (Å²) in [5.74, 6) is 1.35. The van der Waals surface area contributed by atoms with Crippen molar-refractivity contribution in [1.29, 1.82) is 0 Å². The molecule has 0 unspecified atom stereocenters. The first kappa shape index (κ1) is 21.8. The van der Waals surface area contributed by atoms with Crippen molar-refractivity contribution in [2.75, 3.05) is 33.4 Å². The van der Waals surface area contributed by atoms with Crippen molar-refractivity contribution in [2.45, 2.75) is 19.6 Å². The summed E-state index contributed by atoms with van der Waals surface area (Å²) in [7, 11) is 1.62. The van der Waals surface area contributed by atoms with E-state index in [1.54, 1.807) is 19.2 Å². The average Bonchev–Trinajstić information content (AvgIpc) is 2.67. The molecule has 0 saturated carbocycles. The van der Waals surface area contributed by atoms with Crippen LogP contribution in [-0.2, 0) is 13.2 Å². The minimum Gasteiger partial charge on any atom is -0.493 e. The smallest absolute Gasteiger partial charge is 0.166 e. The molecule has 7 heteroatoms. The minimum atomic E-state index is 0.160. The molecule has 3 N–H and O–H groups in total. The molecule has 0 radical (unpaired) electrons. The number of hydrogen-bond donors (Lipinski definition) is 3. The second-order valence-electron chi connectivity index (χ2n) is 5.94. The van der Waals surface area contributed by atoms with E-state index >= 15 is 0 Å². The molecule has 0 atom stereocenters. The summed E-state index contributed by atoms with van der Waals surface area (Å²) in [6.45, 7) is 3.41. The number of halogens is 2. The third-order valence-corrected chi connectivity index (χ3v) is 4.72. The number of methoxy groups -OCH3 is 1. The van der Waals surface area contributed by atoms with E-state index in [1.807, 2.05) is 24.3 Å². The number of hydrogen-bond acceptors (Lipinski definition) is 5. The molecule has 0 aliphatic heterocycles. The maximum Gasteiger partial charge on any atom is 0.166 e. The van der Waals surface area contributed by atoms with E-state index < -0.39 is 0 Å². The van der Waals surface area contributed by atoms with Crippen LogP contribution in [0.1, 0.15) is 17.5 Å². The van der Waals surface area contributed by atoms with E-state index in [0.717, 1.165) is 30.6 Å². The second-order valence-corrected chi connectivity index (χ2v) is 6.76. The fourth-order valence-electron chi connectivity index (χ4n) is 2.61. The van der Waals surface area contributed by atoms with Crippen LogP contribution in [0.3, 0.4) is 0 Å². The van der Waals surface area contributed by atoms with Gasteiger partial charge in [0.15, 0.2) is 11.5 Å². The van der Waals surface area contributed by atoms with E-state index in [0.29, 0.717) is 34.6 Å². The molecule has 0 aliphatic rings. The molecular weight excluding hydrogens is 387 g/mol. The Kier molecular flexibility index (Phi) is 9.73. The molecule has 27 heavy (non-hydrogen) atoms. The van der Waals surface area contributed by atoms with E-state index in [4.69, 9.17) is 37.8 Å². The SMILES string of the molecule is COc1cccc(CNCCCNCCO)c1OCc1c(Cl)cccc1Cl. The normalized spacial score (nSPS) is 10.8. The number of aliphatic hydroxyl groups is 1. The van der Waals surface area contributed by atoms with Crippen molar-refractivity contribution in [3.8, 4) is 11.5 Å². The highest BCUT2D eigenvalue weighted by Gasteiger charge is 2.13. The lowest BCUT2D eigenvalue weighted by molar-refractivity contribution is 0.280. The summed E-state index contributed by atoms with van der Waals surface area (Å²) in [6, 6.07) is 11.2. The zero-order valence-corrected chi connectivity index (χ0v) is 16.9. The van der Waals surface area contributed by atoms with E-state index in [2.05, 4.69) is 10.6 Å². The maximum absolute atomic E-state index is 8.74. The van der Waals surface area contributed by atoms with Gasteiger partial charge in [-0.1, -0.05) is 41.4 Å². The van der Waals surface area contributed by atoms with Gasteiger partial charge in [-0.3, -0.25) is 0 Å². The lowest BCUT2D eigenvalue weighted by Gasteiger charge is -2.16. The number of nitrogens with one attached hydrogen (secondary N) is 2. The third kappa shape index (κ3) is 6.87. The largest absolute Gasteiger partial charge is 0.493 e. The zero-order valence-electron chi connectivity index (χ0n) is 15.4. The summed E-state index contributed by atoms with van der Waals surface area (Å²) in [5, 5.41) is 16.5. The highest BCUT2D eigenvalue weighted by Crippen LogP contribution is 2.33. The molecule has 0 aliphatic carbocycles. The molecular formula is C20H26Cl2N2O3. The molecule has 5 nitrogen and oxygen atoms in total. The first-order valence-electron chi connectivity index (χ1n) is 8.91. The lowest BCUT2D eigenvalue weighted by atomic mass is 10.1. The molecule has 148 valence electrons. The lowest BCUT2D eigenvalue weighted by Crippen LogP contribution is -2.24. The van der Waals surface area contributed by atoms with Crippen molar-refractivity contribution in [3.05, 3.63) is 57.6 Å². The molecule has 0 heterocycles. The first-order valence-corrected chi connectivity index (χ1v) is 9.66. The molecule has 0 amide bonds. The maximum atomic E-state index is 8.74. The number of ether oxygens (including phenoxy) is 2. The predicted molar refractivity (Wildman–Crippen MR) is 110 cm³/mol. The number of para-hydroxylation sites is 1. The Bertz CT molecular complexity index is 693. The van der Waals surface area contributed by atoms with Crippen LogP contribution < -0.4 is 20.1 Å². The summed E-state index contributed by atoms with van der Waals surface area (Å²) < 4.78 is 11.5. The van der Waals surface area contributed by atoms with Gasteiger partial charge in [0.25, 0.3) is 0 Å². The van der Waals surface area contributed by atoms with Crippen LogP contribution in [0.2, 0.25) is 10.0 Å². The Labute approximate surface area is 170 Å². The molecule has 2 rings (SSSR count). The van der Waals surface area contributed by atoms with Crippen molar-refractivity contribution in [2.24, 2.45) is 0 Å². The summed E-state index contributed by atoms with van der Waals surface area (Å²) >= 11 is 12.5. The van der Waals surface area contributed by atoms with Crippen LogP contribution in [0, 0.1) is 0 Å². The molecule has 0 saturated heterocycles. The van der Waals surface area contributed by atoms with Gasteiger partial charge in [-0.05, 0) is 37.7 Å². The van der Waals surface area contributed by atoms with Crippen molar-refractivity contribution >= 4 is 23.2 Å². The minimum absolute atomic E-state index is 0.160. The third-order valence-electron chi connectivity index (χ3n) is 4.01. The highest BCUT2D eigenvalue weighted by atomic mass is 35.5. The summed E-state index contributed by atoms with van der Waals surface area (Å²) in [6.07, 6.45) is 0.968. The van der Waals surface area contributed by atoms with Crippen LogP contribution in [0.5, 0.6) is 11.5 Å². The van der Waals surface area contributed by atoms with Crippen LogP contribution in [-0.4, -0.2) is 38.5 Å². The Morgan fingerprint density at radius 1 is 0.963 bits per heavy atom. The van der Waals surface area contributed by atoms with Gasteiger partial charge in [0.05, 0.1) is 13.7 Å². The monoisotopic (exact) mass is 412 g/mol. The zero-order chi connectivity index (χ0) is 19.5. The van der Waals surface area contributed by atoms with Crippen LogP contribution in [0.4, 0.5) is 0 Å². The Balaban J connectivity index is 1.98. The molecule has 0 aromatic heterocycles. The number of rotatable bonds is 12. The fourth-order valence-corrected chi connectivity index (χ4v) is 3.11. The molecule has 2 aromatic rings. The van der Waals surface area contributed by atoms with Crippen LogP contribution >= 0.6 is 23.2 Å². The topological polar surface area (TPSA) is 62.8 Å². The summed E-state index contributed by atoms with van der Waals surface area (Å²) in [5.41, 5.74) is 1.75. The molecule has 2 aromatic carbocycles. The van der Waals surface area contributed by atoms with Crippen LogP contribution in [0.15, 0.2) is 36.4 Å². The fraction of sp³-hybridized carbons (Fsp3) is 0.400. The average molecular weight is 413 g/mol. The van der Waals surface area contributed by atoms with Gasteiger partial charge in [0.2, 0.25) is 0 Å². The van der Waals surface area contributed by atoms with Gasteiger partial charge in [-0.2, -0.15) is 0 Å². The van der Waals surface area contributed by atoms with E-state index in [1.165, 1.54) is 0 Å². The van der Waals surface area contributed by atoms with E-state index in [9.17, 15) is 0 Å². The number of benzene rings is 2. The Hall–Kier alpha value is -1.50. The molecule has 0 bridgehead atoms. The summed E-state index contributed by atoms with van der Waals surface area (Å²) in [4.78, 5) is 0. The van der Waals surface area contributed by atoms with Crippen molar-refractivity contribution in [1.82, 2.24) is 10.6 Å². The first-order chi connectivity index (χ1) is 13.2. The van der Waals surface area contributed by atoms with Gasteiger partial charge in [-0.25, -0.2) is 0 Å². The standard InChI is InChI=1S/C20H26Cl2N2O3/c1-26-19-8-2-5-15(13-24-10-4-9-23-11-12-25)20(19)27-14-16-17(21)6-3-7-18(16)22/h2-3,5-8,23-25H,4,9-14H2,1H3. The quantitative estimate of drug-likeness (QED) is 0.464. The molecule has 0 spiro atoms. The van der Waals surface area contributed by atoms with Crippen molar-refractivity contribution in [3.63, 3.8) is 0 Å². The highest BCUT2D eigenvalue weighted by molar-refractivity contribution is 6.35. The van der Waals surface area contributed by atoms with Gasteiger partial charge >= 0.3 is 0 Å². The van der Waals surface area contributed by atoms with Crippen molar-refractivity contribution < 1.29 is 14.6 Å². The predicted octanol–water partition coefficient (Wildman–Crippen LogP) is 3.64. The molecule has 0 fully saturated rings.